The lowest BCUT2D eigenvalue weighted by molar-refractivity contribution is 0.0665. The summed E-state index contributed by atoms with van der Waals surface area (Å²) in [6.07, 6.45) is 2.54. The van der Waals surface area contributed by atoms with E-state index in [9.17, 15) is 9.90 Å². The topological polar surface area (TPSA) is 62.9 Å². The van der Waals surface area contributed by atoms with E-state index in [4.69, 9.17) is 9.15 Å². The van der Waals surface area contributed by atoms with Gasteiger partial charge in [0.05, 0.1) is 7.11 Å². The summed E-state index contributed by atoms with van der Waals surface area (Å²) in [6.45, 7) is 4.56. The van der Waals surface area contributed by atoms with Crippen LogP contribution in [0, 0.1) is 0 Å². The molecule has 140 valence electrons. The summed E-state index contributed by atoms with van der Waals surface area (Å²) in [5.74, 6) is -0.638. The third-order valence-electron chi connectivity index (χ3n) is 5.40. The SMILES string of the molecule is COc1cc(-c2cccc(C(C)N3CCCC3)c2)cc2cc(C(=O)O)oc12. The average Bonchev–Trinajstić information content (AvgIpc) is 3.36. The standard InChI is InChI=1S/C22H23NO4/c1-14(23-8-3-4-9-23)15-6-5-7-16(10-15)17-11-18-13-20(22(24)25)27-21(18)19(12-17)26-2/h5-7,10-14H,3-4,8-9H2,1-2H3,(H,24,25). The largest absolute Gasteiger partial charge is 0.493 e. The van der Waals surface area contributed by atoms with Gasteiger partial charge in [-0.3, -0.25) is 4.90 Å². The monoisotopic (exact) mass is 365 g/mol. The van der Waals surface area contributed by atoms with Crippen molar-refractivity contribution >= 4 is 16.9 Å². The molecule has 0 aliphatic carbocycles. The summed E-state index contributed by atoms with van der Waals surface area (Å²) < 4.78 is 10.9. The van der Waals surface area contributed by atoms with Gasteiger partial charge in [0, 0.05) is 11.4 Å². The first-order valence-corrected chi connectivity index (χ1v) is 9.26. The highest BCUT2D eigenvalue weighted by atomic mass is 16.5. The predicted molar refractivity (Wildman–Crippen MR) is 104 cm³/mol. The van der Waals surface area contributed by atoms with Gasteiger partial charge in [-0.15, -0.1) is 0 Å². The molecule has 0 radical (unpaired) electrons. The number of methoxy groups -OCH3 is 1. The number of nitrogens with zero attached hydrogens (tertiary/aromatic N) is 1. The van der Waals surface area contributed by atoms with E-state index in [0.29, 0.717) is 17.4 Å². The van der Waals surface area contributed by atoms with Gasteiger partial charge in [0.15, 0.2) is 11.3 Å². The molecule has 1 fully saturated rings. The zero-order chi connectivity index (χ0) is 19.0. The summed E-state index contributed by atoms with van der Waals surface area (Å²) in [4.78, 5) is 13.7. The van der Waals surface area contributed by atoms with Crippen LogP contribution in [-0.4, -0.2) is 36.2 Å². The summed E-state index contributed by atoms with van der Waals surface area (Å²) in [5, 5.41) is 9.92. The van der Waals surface area contributed by atoms with Crippen molar-refractivity contribution in [3.8, 4) is 16.9 Å². The lowest BCUT2D eigenvalue weighted by Gasteiger charge is -2.24. The first-order chi connectivity index (χ1) is 13.1. The normalized spacial score (nSPS) is 15.9. The molecule has 3 aromatic rings. The number of ether oxygens (including phenoxy) is 1. The van der Waals surface area contributed by atoms with E-state index in [1.807, 2.05) is 12.1 Å². The molecule has 5 heteroatoms. The van der Waals surface area contributed by atoms with Crippen molar-refractivity contribution < 1.29 is 19.1 Å². The number of rotatable bonds is 5. The third kappa shape index (κ3) is 3.30. The molecule has 2 aromatic carbocycles. The van der Waals surface area contributed by atoms with Crippen LogP contribution in [0.1, 0.15) is 41.9 Å². The van der Waals surface area contributed by atoms with Gasteiger partial charge in [-0.25, -0.2) is 4.79 Å². The minimum Gasteiger partial charge on any atom is -0.493 e. The number of aromatic carboxylic acids is 1. The molecule has 1 unspecified atom stereocenters. The van der Waals surface area contributed by atoms with Gasteiger partial charge < -0.3 is 14.3 Å². The van der Waals surface area contributed by atoms with E-state index in [0.717, 1.165) is 29.6 Å². The second-order valence-electron chi connectivity index (χ2n) is 7.06. The molecule has 1 aliphatic heterocycles. The third-order valence-corrected chi connectivity index (χ3v) is 5.40. The molecule has 27 heavy (non-hydrogen) atoms. The lowest BCUT2D eigenvalue weighted by Crippen LogP contribution is -2.23. The van der Waals surface area contributed by atoms with Gasteiger partial charge in [0.2, 0.25) is 5.76 Å². The van der Waals surface area contributed by atoms with Crippen LogP contribution in [0.3, 0.4) is 0 Å². The zero-order valence-corrected chi connectivity index (χ0v) is 15.6. The molecule has 1 aliphatic rings. The van der Waals surface area contributed by atoms with Crippen LogP contribution in [0.5, 0.6) is 5.75 Å². The van der Waals surface area contributed by atoms with Crippen LogP contribution in [0.25, 0.3) is 22.1 Å². The Kier molecular flexibility index (Phi) is 4.62. The van der Waals surface area contributed by atoms with Crippen molar-refractivity contribution in [2.45, 2.75) is 25.8 Å². The number of fused-ring (bicyclic) bond motifs is 1. The Morgan fingerprint density at radius 2 is 1.93 bits per heavy atom. The van der Waals surface area contributed by atoms with Gasteiger partial charge in [0.25, 0.3) is 0 Å². The van der Waals surface area contributed by atoms with Crippen LogP contribution < -0.4 is 4.74 Å². The molecule has 5 nitrogen and oxygen atoms in total. The molecule has 1 saturated heterocycles. The van der Waals surface area contributed by atoms with Crippen LogP contribution in [0.2, 0.25) is 0 Å². The van der Waals surface area contributed by atoms with Crippen molar-refractivity contribution in [2.24, 2.45) is 0 Å². The Labute approximate surface area is 158 Å². The molecular weight excluding hydrogens is 342 g/mol. The van der Waals surface area contributed by atoms with Gasteiger partial charge in [-0.2, -0.15) is 0 Å². The fraction of sp³-hybridized carbons (Fsp3) is 0.318. The zero-order valence-electron chi connectivity index (χ0n) is 15.6. The first-order valence-electron chi connectivity index (χ1n) is 9.26. The number of likely N-dealkylation sites (tertiary alicyclic amines) is 1. The fourth-order valence-corrected chi connectivity index (χ4v) is 3.86. The van der Waals surface area contributed by atoms with Crippen molar-refractivity contribution in [3.63, 3.8) is 0 Å². The maximum atomic E-state index is 11.2. The van der Waals surface area contributed by atoms with Crippen LogP contribution in [-0.2, 0) is 0 Å². The van der Waals surface area contributed by atoms with Crippen LogP contribution >= 0.6 is 0 Å². The maximum Gasteiger partial charge on any atom is 0.371 e. The second kappa shape index (κ2) is 7.08. The molecule has 2 heterocycles. The van der Waals surface area contributed by atoms with E-state index < -0.39 is 5.97 Å². The van der Waals surface area contributed by atoms with Gasteiger partial charge in [-0.05, 0) is 73.8 Å². The Morgan fingerprint density at radius 3 is 2.63 bits per heavy atom. The molecule has 0 spiro atoms. The maximum absolute atomic E-state index is 11.2. The number of hydrogen-bond donors (Lipinski definition) is 1. The highest BCUT2D eigenvalue weighted by molar-refractivity contribution is 5.95. The summed E-state index contributed by atoms with van der Waals surface area (Å²) in [6, 6.07) is 14.3. The molecular formula is C22H23NO4. The lowest BCUT2D eigenvalue weighted by atomic mass is 9.98. The van der Waals surface area contributed by atoms with Crippen molar-refractivity contribution in [1.29, 1.82) is 0 Å². The van der Waals surface area contributed by atoms with Crippen LogP contribution in [0.4, 0.5) is 0 Å². The molecule has 0 amide bonds. The predicted octanol–water partition coefficient (Wildman–Crippen LogP) is 4.96. The number of carboxylic acids is 1. The van der Waals surface area contributed by atoms with E-state index in [1.54, 1.807) is 13.2 Å². The van der Waals surface area contributed by atoms with Crippen LogP contribution in [0.15, 0.2) is 46.9 Å². The number of carbonyl (C=O) groups is 1. The highest BCUT2D eigenvalue weighted by Gasteiger charge is 2.20. The fourth-order valence-electron chi connectivity index (χ4n) is 3.86. The minimum atomic E-state index is -1.09. The molecule has 0 bridgehead atoms. The first kappa shape index (κ1) is 17.6. The summed E-state index contributed by atoms with van der Waals surface area (Å²) in [5.41, 5.74) is 3.80. The van der Waals surface area contributed by atoms with Crippen molar-refractivity contribution in [3.05, 3.63) is 53.8 Å². The molecule has 1 atom stereocenters. The number of hydrogen-bond acceptors (Lipinski definition) is 4. The van der Waals surface area contributed by atoms with Gasteiger partial charge in [-0.1, -0.05) is 18.2 Å². The average molecular weight is 365 g/mol. The van der Waals surface area contributed by atoms with E-state index in [-0.39, 0.29) is 5.76 Å². The minimum absolute atomic E-state index is 0.0862. The Morgan fingerprint density at radius 1 is 1.15 bits per heavy atom. The van der Waals surface area contributed by atoms with Gasteiger partial charge >= 0.3 is 5.97 Å². The Bertz CT molecular complexity index is 985. The highest BCUT2D eigenvalue weighted by Crippen LogP contribution is 2.36. The number of carboxylic acid groups (broad SMARTS) is 1. The quantitative estimate of drug-likeness (QED) is 0.692. The Balaban J connectivity index is 1.75. The van der Waals surface area contributed by atoms with E-state index in [1.165, 1.54) is 18.4 Å². The van der Waals surface area contributed by atoms with E-state index in [2.05, 4.69) is 36.1 Å². The molecule has 4 rings (SSSR count). The van der Waals surface area contributed by atoms with Crippen molar-refractivity contribution in [2.75, 3.05) is 20.2 Å². The second-order valence-corrected chi connectivity index (χ2v) is 7.06. The molecule has 0 saturated carbocycles. The van der Waals surface area contributed by atoms with Gasteiger partial charge in [0.1, 0.15) is 0 Å². The molecule has 1 aromatic heterocycles. The number of benzene rings is 2. The molecule has 1 N–H and O–H groups in total. The van der Waals surface area contributed by atoms with Crippen molar-refractivity contribution in [1.82, 2.24) is 4.90 Å². The Hall–Kier alpha value is -2.79. The van der Waals surface area contributed by atoms with E-state index >= 15 is 0 Å². The smallest absolute Gasteiger partial charge is 0.371 e. The number of furan rings is 1. The summed E-state index contributed by atoms with van der Waals surface area (Å²) in [7, 11) is 1.56. The summed E-state index contributed by atoms with van der Waals surface area (Å²) >= 11 is 0.